The topological polar surface area (TPSA) is 46.3 Å². The van der Waals surface area contributed by atoms with Gasteiger partial charge in [-0.3, -0.25) is 4.79 Å². The van der Waals surface area contributed by atoms with Crippen LogP contribution in [0.25, 0.3) is 10.1 Å². The van der Waals surface area contributed by atoms with Gasteiger partial charge in [-0.25, -0.2) is 0 Å². The number of nitrogens with zero attached hydrogens (tertiary/aromatic N) is 1. The second-order valence-electron chi connectivity index (χ2n) is 4.18. The van der Waals surface area contributed by atoms with Crippen LogP contribution in [0.15, 0.2) is 22.7 Å². The van der Waals surface area contributed by atoms with Gasteiger partial charge in [0.1, 0.15) is 4.88 Å². The molecule has 2 rings (SSSR count). The quantitative estimate of drug-likeness (QED) is 0.934. The third kappa shape index (κ3) is 2.24. The summed E-state index contributed by atoms with van der Waals surface area (Å²) in [6.45, 7) is 2.79. The van der Waals surface area contributed by atoms with Gasteiger partial charge in [-0.2, -0.15) is 0 Å². The van der Waals surface area contributed by atoms with Crippen LogP contribution < -0.4 is 5.73 Å². The van der Waals surface area contributed by atoms with Crippen molar-refractivity contribution in [2.24, 2.45) is 0 Å². The Labute approximate surface area is 119 Å². The van der Waals surface area contributed by atoms with Crippen molar-refractivity contribution in [3.8, 4) is 0 Å². The molecule has 0 saturated carbocycles. The molecule has 2 N–H and O–H groups in total. The number of nitrogens with two attached hydrogens (primary N) is 1. The zero-order valence-corrected chi connectivity index (χ0v) is 12.8. The largest absolute Gasteiger partial charge is 0.397 e. The lowest BCUT2D eigenvalue weighted by molar-refractivity contribution is 0.0801. The van der Waals surface area contributed by atoms with Gasteiger partial charge in [0.2, 0.25) is 0 Å². The highest BCUT2D eigenvalue weighted by molar-refractivity contribution is 9.10. The molecule has 0 fully saturated rings. The molecule has 0 aliphatic rings. The molecule has 0 spiro atoms. The van der Waals surface area contributed by atoms with E-state index in [2.05, 4.69) is 22.9 Å². The van der Waals surface area contributed by atoms with Gasteiger partial charge in [-0.15, -0.1) is 11.3 Å². The molecule has 5 heteroatoms. The van der Waals surface area contributed by atoms with E-state index in [9.17, 15) is 4.79 Å². The van der Waals surface area contributed by atoms with Crippen LogP contribution in [0.5, 0.6) is 0 Å². The first kappa shape index (κ1) is 13.4. The first-order valence-electron chi connectivity index (χ1n) is 5.78. The number of nitrogen functional groups attached to an aromatic ring is 1. The van der Waals surface area contributed by atoms with Crippen molar-refractivity contribution in [1.29, 1.82) is 0 Å². The van der Waals surface area contributed by atoms with Crippen molar-refractivity contribution in [2.75, 3.05) is 19.3 Å². The average Bonchev–Trinajstić information content (AvgIpc) is 2.67. The average molecular weight is 327 g/mol. The molecule has 1 heterocycles. The number of thiophene rings is 1. The van der Waals surface area contributed by atoms with Crippen LogP contribution in [0.2, 0.25) is 0 Å². The molecule has 0 radical (unpaired) electrons. The Bertz CT molecular complexity index is 594. The van der Waals surface area contributed by atoms with Crippen LogP contribution in [-0.4, -0.2) is 24.4 Å². The molecule has 3 nitrogen and oxygen atoms in total. The third-order valence-corrected chi connectivity index (χ3v) is 4.62. The molecule has 0 atom stereocenters. The predicted molar refractivity (Wildman–Crippen MR) is 81.2 cm³/mol. The van der Waals surface area contributed by atoms with Crippen LogP contribution in [0, 0.1) is 0 Å². The van der Waals surface area contributed by atoms with Gasteiger partial charge >= 0.3 is 0 Å². The summed E-state index contributed by atoms with van der Waals surface area (Å²) in [6.07, 6.45) is 0.941. The number of hydrogen-bond acceptors (Lipinski definition) is 3. The van der Waals surface area contributed by atoms with Gasteiger partial charge in [0.05, 0.1) is 5.69 Å². The fourth-order valence-electron chi connectivity index (χ4n) is 1.90. The first-order valence-corrected chi connectivity index (χ1v) is 7.39. The number of fused-ring (bicyclic) bond motifs is 1. The fourth-order valence-corrected chi connectivity index (χ4v) is 3.75. The van der Waals surface area contributed by atoms with E-state index in [1.807, 2.05) is 25.2 Å². The molecule has 18 heavy (non-hydrogen) atoms. The lowest BCUT2D eigenvalue weighted by Gasteiger charge is -2.15. The Balaban J connectivity index is 2.49. The van der Waals surface area contributed by atoms with Crippen LogP contribution in [0.1, 0.15) is 23.0 Å². The lowest BCUT2D eigenvalue weighted by Crippen LogP contribution is -2.27. The molecule has 2 aromatic rings. The minimum absolute atomic E-state index is 0.00227. The van der Waals surface area contributed by atoms with Crippen molar-refractivity contribution in [3.63, 3.8) is 0 Å². The van der Waals surface area contributed by atoms with Crippen molar-refractivity contribution in [1.82, 2.24) is 4.90 Å². The van der Waals surface area contributed by atoms with Crippen molar-refractivity contribution >= 4 is 48.9 Å². The highest BCUT2D eigenvalue weighted by Gasteiger charge is 2.20. The van der Waals surface area contributed by atoms with E-state index < -0.39 is 0 Å². The summed E-state index contributed by atoms with van der Waals surface area (Å²) in [4.78, 5) is 14.6. The maximum Gasteiger partial charge on any atom is 0.265 e. The highest BCUT2D eigenvalue weighted by atomic mass is 79.9. The van der Waals surface area contributed by atoms with E-state index in [1.165, 1.54) is 11.3 Å². The normalized spacial score (nSPS) is 10.8. The van der Waals surface area contributed by atoms with Crippen LogP contribution in [-0.2, 0) is 0 Å². The Morgan fingerprint density at radius 3 is 2.83 bits per heavy atom. The Morgan fingerprint density at radius 2 is 2.22 bits per heavy atom. The lowest BCUT2D eigenvalue weighted by atomic mass is 10.2. The number of benzene rings is 1. The van der Waals surface area contributed by atoms with Gasteiger partial charge < -0.3 is 10.6 Å². The smallest absolute Gasteiger partial charge is 0.265 e. The number of carbonyl (C=O) groups excluding carboxylic acids is 1. The molecule has 96 valence electrons. The monoisotopic (exact) mass is 326 g/mol. The van der Waals surface area contributed by atoms with Crippen LogP contribution >= 0.6 is 27.3 Å². The zero-order chi connectivity index (χ0) is 13.3. The number of rotatable bonds is 3. The maximum absolute atomic E-state index is 12.3. The van der Waals surface area contributed by atoms with E-state index >= 15 is 0 Å². The van der Waals surface area contributed by atoms with E-state index in [4.69, 9.17) is 5.73 Å². The fraction of sp³-hybridized carbons (Fsp3) is 0.308. The van der Waals surface area contributed by atoms with E-state index in [1.54, 1.807) is 4.90 Å². The maximum atomic E-state index is 12.3. The Morgan fingerprint density at radius 1 is 1.50 bits per heavy atom. The Hall–Kier alpha value is -1.07. The summed E-state index contributed by atoms with van der Waals surface area (Å²) in [5, 5.41) is 0.941. The third-order valence-electron chi connectivity index (χ3n) is 2.80. The SMILES string of the molecule is CCCN(C)C(=O)c1sc2cccc(Br)c2c1N. The molecular weight excluding hydrogens is 312 g/mol. The van der Waals surface area contributed by atoms with E-state index in [-0.39, 0.29) is 5.91 Å². The van der Waals surface area contributed by atoms with E-state index in [0.717, 1.165) is 27.5 Å². The van der Waals surface area contributed by atoms with Crippen molar-refractivity contribution in [2.45, 2.75) is 13.3 Å². The summed E-state index contributed by atoms with van der Waals surface area (Å²) in [7, 11) is 1.81. The van der Waals surface area contributed by atoms with Gasteiger partial charge in [0, 0.05) is 28.2 Å². The number of anilines is 1. The Kier molecular flexibility index (Phi) is 3.92. The van der Waals surface area contributed by atoms with Crippen LogP contribution in [0.3, 0.4) is 0 Å². The molecule has 0 aliphatic carbocycles. The minimum atomic E-state index is 0.00227. The minimum Gasteiger partial charge on any atom is -0.397 e. The summed E-state index contributed by atoms with van der Waals surface area (Å²) < 4.78 is 1.97. The molecule has 0 unspecified atom stereocenters. The summed E-state index contributed by atoms with van der Waals surface area (Å²) in [5.74, 6) is 0.00227. The second-order valence-corrected chi connectivity index (χ2v) is 6.09. The highest BCUT2D eigenvalue weighted by Crippen LogP contribution is 2.38. The summed E-state index contributed by atoms with van der Waals surface area (Å²) >= 11 is 4.93. The molecule has 1 amide bonds. The van der Waals surface area contributed by atoms with E-state index in [0.29, 0.717) is 10.6 Å². The van der Waals surface area contributed by atoms with Gasteiger partial charge in [-0.1, -0.05) is 28.9 Å². The van der Waals surface area contributed by atoms with Gasteiger partial charge in [0.15, 0.2) is 0 Å². The number of carbonyl (C=O) groups is 1. The predicted octanol–water partition coefficient (Wildman–Crippen LogP) is 3.73. The first-order chi connectivity index (χ1) is 8.56. The molecule has 1 aromatic carbocycles. The molecule has 0 bridgehead atoms. The van der Waals surface area contributed by atoms with Crippen LogP contribution in [0.4, 0.5) is 5.69 Å². The molecular formula is C13H15BrN2OS. The molecule has 0 saturated heterocycles. The van der Waals surface area contributed by atoms with Gasteiger partial charge in [-0.05, 0) is 18.6 Å². The van der Waals surface area contributed by atoms with Crippen molar-refractivity contribution < 1.29 is 4.79 Å². The van der Waals surface area contributed by atoms with Crippen molar-refractivity contribution in [3.05, 3.63) is 27.5 Å². The summed E-state index contributed by atoms with van der Waals surface area (Å²) in [6, 6.07) is 5.87. The second kappa shape index (κ2) is 5.28. The van der Waals surface area contributed by atoms with Gasteiger partial charge in [0.25, 0.3) is 5.91 Å². The number of halogens is 1. The zero-order valence-electron chi connectivity index (χ0n) is 10.4. The number of amides is 1. The number of hydrogen-bond donors (Lipinski definition) is 1. The molecule has 0 aliphatic heterocycles. The summed E-state index contributed by atoms with van der Waals surface area (Å²) in [5.41, 5.74) is 6.69. The molecule has 1 aromatic heterocycles. The standard InChI is InChI=1S/C13H15BrN2OS/c1-3-7-16(2)13(17)12-11(15)10-8(14)5-4-6-9(10)18-12/h4-6H,3,7,15H2,1-2H3.